The van der Waals surface area contributed by atoms with Crippen LogP contribution in [0.25, 0.3) is 0 Å². The first-order valence-electron chi connectivity index (χ1n) is 4.69. The topological polar surface area (TPSA) is 55.6 Å². The van der Waals surface area contributed by atoms with Crippen molar-refractivity contribution in [1.82, 2.24) is 4.90 Å². The third-order valence-corrected chi connectivity index (χ3v) is 2.50. The molecular formula is C9H18N2O2. The highest BCUT2D eigenvalue weighted by atomic mass is 16.5. The summed E-state index contributed by atoms with van der Waals surface area (Å²) < 4.78 is 4.81. The first-order chi connectivity index (χ1) is 6.15. The van der Waals surface area contributed by atoms with Crippen LogP contribution in [0.1, 0.15) is 19.8 Å². The Hall–Kier alpha value is -0.610. The minimum atomic E-state index is 0.0712. The Bertz CT molecular complexity index is 184. The van der Waals surface area contributed by atoms with Gasteiger partial charge in [-0.3, -0.25) is 4.79 Å². The summed E-state index contributed by atoms with van der Waals surface area (Å²) >= 11 is 0. The molecule has 2 atom stereocenters. The van der Waals surface area contributed by atoms with Gasteiger partial charge in [-0.15, -0.1) is 0 Å². The Labute approximate surface area is 79.0 Å². The summed E-state index contributed by atoms with van der Waals surface area (Å²) in [7, 11) is 1.54. The number of likely N-dealkylation sites (tertiary alicyclic amines) is 1. The second-order valence-electron chi connectivity index (χ2n) is 3.65. The molecule has 0 aromatic rings. The average molecular weight is 186 g/mol. The largest absolute Gasteiger partial charge is 0.375 e. The van der Waals surface area contributed by atoms with Gasteiger partial charge in [0, 0.05) is 25.7 Å². The molecule has 0 aliphatic carbocycles. The third-order valence-electron chi connectivity index (χ3n) is 2.50. The highest BCUT2D eigenvalue weighted by molar-refractivity contribution is 5.77. The van der Waals surface area contributed by atoms with Gasteiger partial charge in [0.25, 0.3) is 0 Å². The maximum Gasteiger partial charge on any atom is 0.248 e. The quantitative estimate of drug-likeness (QED) is 0.659. The van der Waals surface area contributed by atoms with E-state index in [1.54, 1.807) is 0 Å². The minimum Gasteiger partial charge on any atom is -0.375 e. The predicted octanol–water partition coefficient (Wildman–Crippen LogP) is -0.0290. The Morgan fingerprint density at radius 2 is 2.38 bits per heavy atom. The Morgan fingerprint density at radius 1 is 1.69 bits per heavy atom. The number of nitrogens with two attached hydrogens (primary N) is 1. The van der Waals surface area contributed by atoms with E-state index in [4.69, 9.17) is 10.5 Å². The van der Waals surface area contributed by atoms with Crippen LogP contribution in [0, 0.1) is 0 Å². The summed E-state index contributed by atoms with van der Waals surface area (Å²) in [4.78, 5) is 13.3. The molecule has 1 aliphatic rings. The number of carbonyl (C=O) groups excluding carboxylic acids is 1. The Kier molecular flexibility index (Phi) is 3.69. The molecule has 1 amide bonds. The second kappa shape index (κ2) is 4.58. The van der Waals surface area contributed by atoms with E-state index in [1.165, 1.54) is 7.11 Å². The van der Waals surface area contributed by atoms with Crippen LogP contribution < -0.4 is 5.73 Å². The van der Waals surface area contributed by atoms with Gasteiger partial charge in [0.2, 0.25) is 5.91 Å². The number of hydrogen-bond donors (Lipinski definition) is 1. The lowest BCUT2D eigenvalue weighted by molar-refractivity contribution is -0.138. The summed E-state index contributed by atoms with van der Waals surface area (Å²) in [5.41, 5.74) is 5.79. The van der Waals surface area contributed by atoms with Gasteiger partial charge in [-0.2, -0.15) is 0 Å². The van der Waals surface area contributed by atoms with Crippen molar-refractivity contribution in [2.45, 2.75) is 31.8 Å². The molecule has 4 heteroatoms. The maximum atomic E-state index is 11.5. The highest BCUT2D eigenvalue weighted by Crippen LogP contribution is 2.15. The van der Waals surface area contributed by atoms with Gasteiger partial charge in [0.15, 0.2) is 0 Å². The lowest BCUT2D eigenvalue weighted by Gasteiger charge is -2.36. The summed E-state index contributed by atoms with van der Waals surface area (Å²) in [6, 6.07) is 0.507. The molecule has 76 valence electrons. The van der Waals surface area contributed by atoms with Crippen molar-refractivity contribution in [1.29, 1.82) is 0 Å². The second-order valence-corrected chi connectivity index (χ2v) is 3.65. The molecule has 0 radical (unpaired) electrons. The molecule has 0 aromatic heterocycles. The predicted molar refractivity (Wildman–Crippen MR) is 50.3 cm³/mol. The normalized spacial score (nSPS) is 29.0. The van der Waals surface area contributed by atoms with Gasteiger partial charge in [0.05, 0.1) is 0 Å². The van der Waals surface area contributed by atoms with Crippen molar-refractivity contribution >= 4 is 5.91 Å². The van der Waals surface area contributed by atoms with Crippen LogP contribution in [0.2, 0.25) is 0 Å². The fourth-order valence-corrected chi connectivity index (χ4v) is 1.79. The van der Waals surface area contributed by atoms with Crippen molar-refractivity contribution in [2.24, 2.45) is 5.73 Å². The molecule has 0 aromatic carbocycles. The van der Waals surface area contributed by atoms with Crippen LogP contribution >= 0.6 is 0 Å². The van der Waals surface area contributed by atoms with Gasteiger partial charge in [-0.1, -0.05) is 0 Å². The number of carbonyl (C=O) groups is 1. The molecule has 13 heavy (non-hydrogen) atoms. The average Bonchev–Trinajstić information content (AvgIpc) is 2.04. The number of amides is 1. The van der Waals surface area contributed by atoms with Gasteiger partial charge in [-0.05, 0) is 19.8 Å². The number of piperidine rings is 1. The van der Waals surface area contributed by atoms with Gasteiger partial charge >= 0.3 is 0 Å². The van der Waals surface area contributed by atoms with E-state index in [9.17, 15) is 4.79 Å². The van der Waals surface area contributed by atoms with Gasteiger partial charge < -0.3 is 15.4 Å². The number of ether oxygens (including phenoxy) is 1. The molecule has 1 aliphatic heterocycles. The number of rotatable bonds is 2. The van der Waals surface area contributed by atoms with Crippen molar-refractivity contribution in [2.75, 3.05) is 20.3 Å². The van der Waals surface area contributed by atoms with Crippen LogP contribution in [0.4, 0.5) is 0 Å². The van der Waals surface area contributed by atoms with Crippen LogP contribution in [-0.2, 0) is 9.53 Å². The van der Waals surface area contributed by atoms with Gasteiger partial charge in [0.1, 0.15) is 6.61 Å². The van der Waals surface area contributed by atoms with Crippen LogP contribution in [-0.4, -0.2) is 43.2 Å². The van der Waals surface area contributed by atoms with E-state index in [2.05, 4.69) is 0 Å². The fourth-order valence-electron chi connectivity index (χ4n) is 1.79. The standard InChI is InChI=1S/C9H18N2O2/c1-7-5-8(10)3-4-11(7)9(12)6-13-2/h7-8H,3-6,10H2,1-2H3. The van der Waals surface area contributed by atoms with E-state index >= 15 is 0 Å². The van der Waals surface area contributed by atoms with Crippen molar-refractivity contribution < 1.29 is 9.53 Å². The molecule has 1 heterocycles. The van der Waals surface area contributed by atoms with Crippen molar-refractivity contribution in [3.8, 4) is 0 Å². The maximum absolute atomic E-state index is 11.5. The van der Waals surface area contributed by atoms with E-state index in [-0.39, 0.29) is 24.6 Å². The van der Waals surface area contributed by atoms with Gasteiger partial charge in [-0.25, -0.2) is 0 Å². The highest BCUT2D eigenvalue weighted by Gasteiger charge is 2.26. The first kappa shape index (κ1) is 10.5. The number of hydrogen-bond acceptors (Lipinski definition) is 3. The zero-order chi connectivity index (χ0) is 9.84. The van der Waals surface area contributed by atoms with Crippen LogP contribution in [0.3, 0.4) is 0 Å². The number of nitrogens with zero attached hydrogens (tertiary/aromatic N) is 1. The fraction of sp³-hybridized carbons (Fsp3) is 0.889. The molecule has 0 spiro atoms. The Morgan fingerprint density at radius 3 is 2.92 bits per heavy atom. The Balaban J connectivity index is 2.45. The third kappa shape index (κ3) is 2.67. The zero-order valence-electron chi connectivity index (χ0n) is 8.32. The van der Waals surface area contributed by atoms with E-state index in [0.29, 0.717) is 0 Å². The molecule has 1 fully saturated rings. The zero-order valence-corrected chi connectivity index (χ0v) is 8.32. The molecule has 2 unspecified atom stereocenters. The monoisotopic (exact) mass is 186 g/mol. The SMILES string of the molecule is COCC(=O)N1CCC(N)CC1C. The number of methoxy groups -OCH3 is 1. The van der Waals surface area contributed by atoms with E-state index < -0.39 is 0 Å². The summed E-state index contributed by atoms with van der Waals surface area (Å²) in [5, 5.41) is 0. The summed E-state index contributed by atoms with van der Waals surface area (Å²) in [5.74, 6) is 0.0712. The molecule has 1 saturated heterocycles. The van der Waals surface area contributed by atoms with Crippen molar-refractivity contribution in [3.05, 3.63) is 0 Å². The van der Waals surface area contributed by atoms with Crippen LogP contribution in [0.15, 0.2) is 0 Å². The van der Waals surface area contributed by atoms with E-state index in [1.807, 2.05) is 11.8 Å². The molecular weight excluding hydrogens is 168 g/mol. The first-order valence-corrected chi connectivity index (χ1v) is 4.69. The molecule has 0 saturated carbocycles. The van der Waals surface area contributed by atoms with Crippen LogP contribution in [0.5, 0.6) is 0 Å². The van der Waals surface area contributed by atoms with E-state index in [0.717, 1.165) is 19.4 Å². The van der Waals surface area contributed by atoms with Crippen molar-refractivity contribution in [3.63, 3.8) is 0 Å². The lowest BCUT2D eigenvalue weighted by Crippen LogP contribution is -2.49. The summed E-state index contributed by atoms with van der Waals surface area (Å²) in [6.07, 6.45) is 1.80. The lowest BCUT2D eigenvalue weighted by atomic mass is 9.99. The molecule has 2 N–H and O–H groups in total. The minimum absolute atomic E-state index is 0.0712. The smallest absolute Gasteiger partial charge is 0.248 e. The molecule has 4 nitrogen and oxygen atoms in total. The molecule has 0 bridgehead atoms. The summed E-state index contributed by atoms with van der Waals surface area (Å²) in [6.45, 7) is 2.98. The molecule has 1 rings (SSSR count).